The third-order valence-electron chi connectivity index (χ3n) is 2.15. The molecule has 0 aliphatic heterocycles. The Hall–Kier alpha value is -1.33. The molecule has 0 aliphatic carbocycles. The van der Waals surface area contributed by atoms with E-state index in [0.717, 1.165) is 11.1 Å². The van der Waals surface area contributed by atoms with Crippen molar-refractivity contribution in [1.82, 2.24) is 0 Å². The van der Waals surface area contributed by atoms with Crippen molar-refractivity contribution in [3.8, 4) is 6.07 Å². The zero-order chi connectivity index (χ0) is 9.84. The second-order valence-electron chi connectivity index (χ2n) is 3.33. The molecule has 1 atom stereocenters. The Morgan fingerprint density at radius 3 is 2.77 bits per heavy atom. The van der Waals surface area contributed by atoms with Gasteiger partial charge >= 0.3 is 0 Å². The summed E-state index contributed by atoms with van der Waals surface area (Å²) in [7, 11) is 0. The number of rotatable bonds is 2. The molecule has 2 heteroatoms. The summed E-state index contributed by atoms with van der Waals surface area (Å²) in [5.41, 5.74) is 9.29. The molecule has 0 aromatic heterocycles. The van der Waals surface area contributed by atoms with E-state index >= 15 is 0 Å². The molecule has 0 fully saturated rings. The van der Waals surface area contributed by atoms with Gasteiger partial charge in [0, 0.05) is 6.04 Å². The Bertz CT molecular complexity index is 336. The smallest absolute Gasteiger partial charge is 0.0641 e. The Morgan fingerprint density at radius 1 is 1.46 bits per heavy atom. The van der Waals surface area contributed by atoms with Crippen LogP contribution in [-0.4, -0.2) is 0 Å². The Kier molecular flexibility index (Phi) is 3.05. The van der Waals surface area contributed by atoms with E-state index in [1.807, 2.05) is 19.9 Å². The van der Waals surface area contributed by atoms with Crippen LogP contribution >= 0.6 is 0 Å². The SMILES string of the molecule is Cc1ccc(C)c([C@@H](N)CC#N)c1. The van der Waals surface area contributed by atoms with Crippen LogP contribution in [0, 0.1) is 25.2 Å². The van der Waals surface area contributed by atoms with E-state index in [1.54, 1.807) is 0 Å². The van der Waals surface area contributed by atoms with Gasteiger partial charge in [-0.2, -0.15) is 5.26 Å². The lowest BCUT2D eigenvalue weighted by molar-refractivity contribution is 0.741. The fraction of sp³-hybridized carbons (Fsp3) is 0.364. The molecule has 1 aromatic carbocycles. The molecule has 0 aliphatic rings. The number of nitriles is 1. The van der Waals surface area contributed by atoms with Crippen molar-refractivity contribution >= 4 is 0 Å². The van der Waals surface area contributed by atoms with Gasteiger partial charge in [0.05, 0.1) is 12.5 Å². The maximum Gasteiger partial charge on any atom is 0.0641 e. The van der Waals surface area contributed by atoms with Crippen molar-refractivity contribution in [2.24, 2.45) is 5.73 Å². The predicted molar refractivity (Wildman–Crippen MR) is 53.1 cm³/mol. The van der Waals surface area contributed by atoms with Crippen LogP contribution in [0.25, 0.3) is 0 Å². The lowest BCUT2D eigenvalue weighted by Crippen LogP contribution is -2.10. The first-order valence-electron chi connectivity index (χ1n) is 4.35. The molecule has 0 saturated carbocycles. The summed E-state index contributed by atoms with van der Waals surface area (Å²) in [6, 6.07) is 8.09. The predicted octanol–water partition coefficient (Wildman–Crippen LogP) is 2.22. The average molecular weight is 174 g/mol. The topological polar surface area (TPSA) is 49.8 Å². The van der Waals surface area contributed by atoms with E-state index in [4.69, 9.17) is 11.0 Å². The molecular formula is C11H14N2. The highest BCUT2D eigenvalue weighted by atomic mass is 14.6. The quantitative estimate of drug-likeness (QED) is 0.747. The van der Waals surface area contributed by atoms with Gasteiger partial charge < -0.3 is 5.73 Å². The summed E-state index contributed by atoms with van der Waals surface area (Å²) in [5.74, 6) is 0. The van der Waals surface area contributed by atoms with Crippen molar-refractivity contribution in [2.45, 2.75) is 26.3 Å². The zero-order valence-corrected chi connectivity index (χ0v) is 8.04. The molecule has 0 bridgehead atoms. The molecule has 0 heterocycles. The first-order chi connectivity index (χ1) is 6.15. The molecule has 1 rings (SSSR count). The van der Waals surface area contributed by atoms with E-state index in [0.29, 0.717) is 6.42 Å². The molecular weight excluding hydrogens is 160 g/mol. The minimum Gasteiger partial charge on any atom is -0.323 e. The highest BCUT2D eigenvalue weighted by Gasteiger charge is 2.07. The Morgan fingerprint density at radius 2 is 2.15 bits per heavy atom. The highest BCUT2D eigenvalue weighted by molar-refractivity contribution is 5.33. The minimum absolute atomic E-state index is 0.148. The molecule has 0 saturated heterocycles. The molecule has 0 radical (unpaired) electrons. The average Bonchev–Trinajstić information content (AvgIpc) is 2.09. The van der Waals surface area contributed by atoms with Crippen LogP contribution in [0.1, 0.15) is 29.2 Å². The van der Waals surface area contributed by atoms with Gasteiger partial charge in [-0.25, -0.2) is 0 Å². The van der Waals surface area contributed by atoms with Crippen LogP contribution in [-0.2, 0) is 0 Å². The van der Waals surface area contributed by atoms with Gasteiger partial charge in [0.25, 0.3) is 0 Å². The molecule has 0 unspecified atom stereocenters. The van der Waals surface area contributed by atoms with Gasteiger partial charge in [-0.05, 0) is 25.0 Å². The summed E-state index contributed by atoms with van der Waals surface area (Å²) >= 11 is 0. The van der Waals surface area contributed by atoms with Crippen LogP contribution < -0.4 is 5.73 Å². The van der Waals surface area contributed by atoms with Crippen LogP contribution in [0.2, 0.25) is 0 Å². The lowest BCUT2D eigenvalue weighted by Gasteiger charge is -2.11. The van der Waals surface area contributed by atoms with Gasteiger partial charge in [-0.15, -0.1) is 0 Å². The Labute approximate surface area is 79.0 Å². The summed E-state index contributed by atoms with van der Waals surface area (Å²) in [6.07, 6.45) is 0.379. The largest absolute Gasteiger partial charge is 0.323 e. The van der Waals surface area contributed by atoms with E-state index in [-0.39, 0.29) is 6.04 Å². The van der Waals surface area contributed by atoms with Crippen molar-refractivity contribution in [1.29, 1.82) is 5.26 Å². The number of hydrogen-bond acceptors (Lipinski definition) is 2. The highest BCUT2D eigenvalue weighted by Crippen LogP contribution is 2.19. The van der Waals surface area contributed by atoms with Gasteiger partial charge in [0.15, 0.2) is 0 Å². The number of hydrogen-bond donors (Lipinski definition) is 1. The second-order valence-corrected chi connectivity index (χ2v) is 3.33. The fourth-order valence-corrected chi connectivity index (χ4v) is 1.37. The number of aryl methyl sites for hydroxylation is 2. The molecule has 13 heavy (non-hydrogen) atoms. The monoisotopic (exact) mass is 174 g/mol. The van der Waals surface area contributed by atoms with E-state index in [2.05, 4.69) is 18.2 Å². The lowest BCUT2D eigenvalue weighted by atomic mass is 9.98. The summed E-state index contributed by atoms with van der Waals surface area (Å²) in [4.78, 5) is 0. The van der Waals surface area contributed by atoms with Gasteiger partial charge in [0.1, 0.15) is 0 Å². The van der Waals surface area contributed by atoms with Crippen LogP contribution in [0.5, 0.6) is 0 Å². The normalized spacial score (nSPS) is 12.2. The first kappa shape index (κ1) is 9.76. The summed E-state index contributed by atoms with van der Waals surface area (Å²) in [5, 5.41) is 8.53. The van der Waals surface area contributed by atoms with Crippen molar-refractivity contribution in [2.75, 3.05) is 0 Å². The molecule has 2 N–H and O–H groups in total. The van der Waals surface area contributed by atoms with Gasteiger partial charge in [-0.3, -0.25) is 0 Å². The third-order valence-corrected chi connectivity index (χ3v) is 2.15. The second kappa shape index (κ2) is 4.06. The van der Waals surface area contributed by atoms with Crippen molar-refractivity contribution in [3.05, 3.63) is 34.9 Å². The number of benzene rings is 1. The number of nitrogens with two attached hydrogens (primary N) is 1. The molecule has 68 valence electrons. The van der Waals surface area contributed by atoms with Crippen LogP contribution in [0.15, 0.2) is 18.2 Å². The maximum atomic E-state index is 8.53. The first-order valence-corrected chi connectivity index (χ1v) is 4.35. The number of nitrogens with zero attached hydrogens (tertiary/aromatic N) is 1. The zero-order valence-electron chi connectivity index (χ0n) is 8.04. The maximum absolute atomic E-state index is 8.53. The Balaban J connectivity index is 3.00. The van der Waals surface area contributed by atoms with Gasteiger partial charge in [-0.1, -0.05) is 23.8 Å². The summed E-state index contributed by atoms with van der Waals surface area (Å²) < 4.78 is 0. The standard InChI is InChI=1S/C11H14N2/c1-8-3-4-9(2)10(7-8)11(13)5-6-12/h3-4,7,11H,5,13H2,1-2H3/t11-/m0/s1. The molecule has 0 amide bonds. The fourth-order valence-electron chi connectivity index (χ4n) is 1.37. The van der Waals surface area contributed by atoms with Gasteiger partial charge in [0.2, 0.25) is 0 Å². The molecule has 1 aromatic rings. The third kappa shape index (κ3) is 2.30. The van der Waals surface area contributed by atoms with Crippen LogP contribution in [0.3, 0.4) is 0 Å². The molecule has 2 nitrogen and oxygen atoms in total. The van der Waals surface area contributed by atoms with E-state index in [1.165, 1.54) is 5.56 Å². The molecule has 0 spiro atoms. The van der Waals surface area contributed by atoms with Crippen LogP contribution in [0.4, 0.5) is 0 Å². The summed E-state index contributed by atoms with van der Waals surface area (Å²) in [6.45, 7) is 4.05. The van der Waals surface area contributed by atoms with Crippen molar-refractivity contribution in [3.63, 3.8) is 0 Å². The van der Waals surface area contributed by atoms with Crippen molar-refractivity contribution < 1.29 is 0 Å². The minimum atomic E-state index is -0.148. The van der Waals surface area contributed by atoms with E-state index < -0.39 is 0 Å². The van der Waals surface area contributed by atoms with E-state index in [9.17, 15) is 0 Å².